The van der Waals surface area contributed by atoms with Gasteiger partial charge in [-0.05, 0) is 30.1 Å². The van der Waals surface area contributed by atoms with Crippen LogP contribution in [0.2, 0.25) is 0 Å². The number of hydrogen-bond donors (Lipinski definition) is 0. The largest absolute Gasteiger partial charge is 0.0622 e. The Hall–Kier alpha value is 0. The molecule has 0 amide bonds. The lowest BCUT2D eigenvalue weighted by Crippen LogP contribution is -2.20. The molecule has 0 saturated heterocycles. The fourth-order valence-electron chi connectivity index (χ4n) is 4.24. The maximum atomic E-state index is 2.53. The summed E-state index contributed by atoms with van der Waals surface area (Å²) in [6, 6.07) is 0. The molecule has 0 heteroatoms. The SMILES string of the molecule is CC(CCC1CCCCC1C)C1CCCCC1. The molecule has 2 rings (SSSR count). The van der Waals surface area contributed by atoms with Gasteiger partial charge in [0.15, 0.2) is 0 Å². The quantitative estimate of drug-likeness (QED) is 0.578. The molecular weight excluding hydrogens is 204 g/mol. The Bertz CT molecular complexity index is 202. The Morgan fingerprint density at radius 2 is 1.53 bits per heavy atom. The third kappa shape index (κ3) is 4.00. The molecule has 0 bridgehead atoms. The Morgan fingerprint density at radius 1 is 0.882 bits per heavy atom. The minimum atomic E-state index is 1.00. The van der Waals surface area contributed by atoms with E-state index in [2.05, 4.69) is 13.8 Å². The summed E-state index contributed by atoms with van der Waals surface area (Å²) < 4.78 is 0. The molecule has 0 aromatic rings. The monoisotopic (exact) mass is 236 g/mol. The third-order valence-electron chi connectivity index (χ3n) is 5.74. The van der Waals surface area contributed by atoms with E-state index in [4.69, 9.17) is 0 Å². The lowest BCUT2D eigenvalue weighted by molar-refractivity contribution is 0.196. The van der Waals surface area contributed by atoms with E-state index in [1.807, 2.05) is 0 Å². The molecule has 3 atom stereocenters. The smallest absolute Gasteiger partial charge is 0.0388 e. The molecule has 0 aromatic heterocycles. The molecule has 2 aliphatic carbocycles. The summed E-state index contributed by atoms with van der Waals surface area (Å²) >= 11 is 0. The van der Waals surface area contributed by atoms with Crippen LogP contribution in [0.5, 0.6) is 0 Å². The van der Waals surface area contributed by atoms with Crippen LogP contribution < -0.4 is 0 Å². The van der Waals surface area contributed by atoms with Gasteiger partial charge < -0.3 is 0 Å². The van der Waals surface area contributed by atoms with Crippen molar-refractivity contribution in [3.05, 3.63) is 0 Å². The van der Waals surface area contributed by atoms with Crippen LogP contribution in [-0.4, -0.2) is 0 Å². The molecule has 100 valence electrons. The van der Waals surface area contributed by atoms with Crippen LogP contribution in [0.25, 0.3) is 0 Å². The van der Waals surface area contributed by atoms with E-state index >= 15 is 0 Å². The summed E-state index contributed by atoms with van der Waals surface area (Å²) in [7, 11) is 0. The zero-order valence-corrected chi connectivity index (χ0v) is 12.1. The van der Waals surface area contributed by atoms with Crippen molar-refractivity contribution in [2.24, 2.45) is 23.7 Å². The highest BCUT2D eigenvalue weighted by atomic mass is 14.3. The summed E-state index contributed by atoms with van der Waals surface area (Å²) in [5.41, 5.74) is 0. The van der Waals surface area contributed by atoms with E-state index < -0.39 is 0 Å². The highest BCUT2D eigenvalue weighted by molar-refractivity contribution is 4.76. The lowest BCUT2D eigenvalue weighted by Gasteiger charge is -2.32. The average Bonchev–Trinajstić information content (AvgIpc) is 2.38. The van der Waals surface area contributed by atoms with Gasteiger partial charge in [0.2, 0.25) is 0 Å². The maximum Gasteiger partial charge on any atom is -0.0388 e. The number of hydrogen-bond acceptors (Lipinski definition) is 0. The molecule has 2 aliphatic rings. The van der Waals surface area contributed by atoms with Gasteiger partial charge in [0.1, 0.15) is 0 Å². The molecular formula is C17H32. The fraction of sp³-hybridized carbons (Fsp3) is 1.00. The van der Waals surface area contributed by atoms with E-state index in [1.165, 1.54) is 70.6 Å². The first-order valence-electron chi connectivity index (χ1n) is 8.27. The van der Waals surface area contributed by atoms with Crippen LogP contribution >= 0.6 is 0 Å². The Morgan fingerprint density at radius 3 is 2.24 bits per heavy atom. The molecule has 3 unspecified atom stereocenters. The van der Waals surface area contributed by atoms with Crippen LogP contribution in [0.3, 0.4) is 0 Å². The van der Waals surface area contributed by atoms with Gasteiger partial charge in [-0.15, -0.1) is 0 Å². The summed E-state index contributed by atoms with van der Waals surface area (Å²) in [6.07, 6.45) is 16.7. The molecule has 2 saturated carbocycles. The van der Waals surface area contributed by atoms with E-state index in [9.17, 15) is 0 Å². The van der Waals surface area contributed by atoms with Gasteiger partial charge in [0.25, 0.3) is 0 Å². The second kappa shape index (κ2) is 6.81. The topological polar surface area (TPSA) is 0 Å². The summed E-state index contributed by atoms with van der Waals surface area (Å²) in [4.78, 5) is 0. The first-order valence-corrected chi connectivity index (χ1v) is 8.27. The first-order chi connectivity index (χ1) is 8.27. The first kappa shape index (κ1) is 13.4. The van der Waals surface area contributed by atoms with Crippen molar-refractivity contribution >= 4 is 0 Å². The van der Waals surface area contributed by atoms with Gasteiger partial charge in [-0.2, -0.15) is 0 Å². The molecule has 0 radical (unpaired) electrons. The predicted molar refractivity (Wildman–Crippen MR) is 76.1 cm³/mol. The van der Waals surface area contributed by atoms with Crippen LogP contribution in [0.1, 0.15) is 84.5 Å². The van der Waals surface area contributed by atoms with Crippen molar-refractivity contribution in [3.63, 3.8) is 0 Å². The van der Waals surface area contributed by atoms with Crippen molar-refractivity contribution in [2.75, 3.05) is 0 Å². The standard InChI is InChI=1S/C17H32/c1-14-8-6-7-11-17(14)13-12-15(2)16-9-4-3-5-10-16/h14-17H,3-13H2,1-2H3. The summed E-state index contributed by atoms with van der Waals surface area (Å²) in [5, 5.41) is 0. The second-order valence-electron chi connectivity index (χ2n) is 6.97. The van der Waals surface area contributed by atoms with E-state index in [-0.39, 0.29) is 0 Å². The van der Waals surface area contributed by atoms with Crippen LogP contribution in [0.15, 0.2) is 0 Å². The Kier molecular flexibility index (Phi) is 5.38. The zero-order chi connectivity index (χ0) is 12.1. The molecule has 17 heavy (non-hydrogen) atoms. The van der Waals surface area contributed by atoms with Gasteiger partial charge in [0.05, 0.1) is 0 Å². The van der Waals surface area contributed by atoms with Gasteiger partial charge in [-0.25, -0.2) is 0 Å². The summed E-state index contributed by atoms with van der Waals surface area (Å²) in [5.74, 6) is 4.16. The second-order valence-corrected chi connectivity index (χ2v) is 6.97. The van der Waals surface area contributed by atoms with Crippen LogP contribution in [-0.2, 0) is 0 Å². The average molecular weight is 236 g/mol. The van der Waals surface area contributed by atoms with E-state index in [1.54, 1.807) is 0 Å². The third-order valence-corrected chi connectivity index (χ3v) is 5.74. The highest BCUT2D eigenvalue weighted by Gasteiger charge is 2.24. The van der Waals surface area contributed by atoms with E-state index in [0.29, 0.717) is 0 Å². The van der Waals surface area contributed by atoms with Crippen LogP contribution in [0, 0.1) is 23.7 Å². The van der Waals surface area contributed by atoms with Gasteiger partial charge in [-0.1, -0.05) is 78.1 Å². The van der Waals surface area contributed by atoms with E-state index in [0.717, 1.165) is 23.7 Å². The zero-order valence-electron chi connectivity index (χ0n) is 12.1. The van der Waals surface area contributed by atoms with Crippen molar-refractivity contribution in [2.45, 2.75) is 84.5 Å². The lowest BCUT2D eigenvalue weighted by atomic mass is 9.74. The van der Waals surface area contributed by atoms with Crippen LogP contribution in [0.4, 0.5) is 0 Å². The minimum Gasteiger partial charge on any atom is -0.0622 e. The molecule has 2 fully saturated rings. The van der Waals surface area contributed by atoms with Crippen molar-refractivity contribution in [1.29, 1.82) is 0 Å². The van der Waals surface area contributed by atoms with Gasteiger partial charge in [-0.3, -0.25) is 0 Å². The van der Waals surface area contributed by atoms with Crippen molar-refractivity contribution in [1.82, 2.24) is 0 Å². The molecule has 0 nitrogen and oxygen atoms in total. The van der Waals surface area contributed by atoms with Gasteiger partial charge >= 0.3 is 0 Å². The maximum absolute atomic E-state index is 2.53. The fourth-order valence-corrected chi connectivity index (χ4v) is 4.24. The molecule has 0 aliphatic heterocycles. The predicted octanol–water partition coefficient (Wildman–Crippen LogP) is 5.81. The Labute approximate surface area is 109 Å². The molecule has 0 aromatic carbocycles. The normalized spacial score (nSPS) is 33.5. The van der Waals surface area contributed by atoms with Crippen molar-refractivity contribution < 1.29 is 0 Å². The highest BCUT2D eigenvalue weighted by Crippen LogP contribution is 2.37. The van der Waals surface area contributed by atoms with Crippen molar-refractivity contribution in [3.8, 4) is 0 Å². The number of rotatable bonds is 4. The molecule has 0 spiro atoms. The van der Waals surface area contributed by atoms with Gasteiger partial charge in [0, 0.05) is 0 Å². The molecule has 0 heterocycles. The minimum absolute atomic E-state index is 1.00. The molecule has 0 N–H and O–H groups in total. The Balaban J connectivity index is 1.69. The summed E-state index contributed by atoms with van der Waals surface area (Å²) in [6.45, 7) is 5.03.